The average molecular weight is 865 g/mol. The van der Waals surface area contributed by atoms with E-state index in [-0.39, 0.29) is 93.0 Å². The van der Waals surface area contributed by atoms with Gasteiger partial charge in [0.1, 0.15) is 11.5 Å². The minimum absolute atomic E-state index is 0. The van der Waals surface area contributed by atoms with Crippen molar-refractivity contribution < 1.29 is 81.6 Å². The first-order valence-electron chi connectivity index (χ1n) is 18.1. The number of para-hydroxylation sites is 2. The van der Waals surface area contributed by atoms with Crippen molar-refractivity contribution in [2.24, 2.45) is 9.98 Å². The van der Waals surface area contributed by atoms with Crippen LogP contribution >= 0.6 is 0 Å². The Morgan fingerprint density at radius 1 is 0.455 bits per heavy atom. The molecule has 9 heteroatoms. The number of aromatic hydroxyl groups is 2. The summed E-state index contributed by atoms with van der Waals surface area (Å²) < 4.78 is 0. The van der Waals surface area contributed by atoms with Crippen LogP contribution < -0.4 is 49.6 Å². The van der Waals surface area contributed by atoms with Gasteiger partial charge in [0.25, 0.3) is 0 Å². The van der Waals surface area contributed by atoms with Crippen LogP contribution in [0, 0.1) is 0 Å². The van der Waals surface area contributed by atoms with Crippen LogP contribution in [0.5, 0.6) is 11.5 Å². The van der Waals surface area contributed by atoms with Gasteiger partial charge in [0, 0.05) is 22.3 Å². The second kappa shape index (κ2) is 23.2. The first kappa shape index (κ1) is 57.0. The molecule has 4 aromatic rings. The minimum atomic E-state index is -0.133. The Morgan fingerprint density at radius 3 is 0.945 bits per heavy atom. The largest absolute Gasteiger partial charge is 4.00 e. The van der Waals surface area contributed by atoms with Gasteiger partial charge in [0.2, 0.25) is 0 Å². The molecule has 2 N–H and O–H groups in total. The monoisotopic (exact) mass is 862 g/mol. The molecular formula is C46H62Cl4N2O2Ti. The third-order valence-electron chi connectivity index (χ3n) is 8.90. The molecule has 4 rings (SSSR count). The Kier molecular flexibility index (Phi) is 24.0. The number of rotatable bonds is 6. The van der Waals surface area contributed by atoms with Crippen LogP contribution in [0.1, 0.15) is 143 Å². The molecule has 0 heterocycles. The van der Waals surface area contributed by atoms with Gasteiger partial charge in [0.05, 0.1) is 22.8 Å². The number of hydrogen-bond donors (Lipinski definition) is 2. The summed E-state index contributed by atoms with van der Waals surface area (Å²) in [5.41, 5.74) is 9.51. The van der Waals surface area contributed by atoms with Crippen LogP contribution in [0.15, 0.2) is 94.9 Å². The normalized spacial score (nSPS) is 12.0. The Morgan fingerprint density at radius 2 is 0.727 bits per heavy atom. The molecule has 0 atom stereocenters. The van der Waals surface area contributed by atoms with Crippen LogP contribution in [0.2, 0.25) is 0 Å². The van der Waals surface area contributed by atoms with E-state index in [0.29, 0.717) is 11.5 Å². The molecule has 0 unspecified atom stereocenters. The maximum atomic E-state index is 11.0. The number of halogens is 4. The summed E-state index contributed by atoms with van der Waals surface area (Å²) in [6, 6.07) is 28.4. The topological polar surface area (TPSA) is 65.2 Å². The van der Waals surface area contributed by atoms with Crippen molar-refractivity contribution in [3.63, 3.8) is 0 Å². The molecule has 0 spiro atoms. The number of nitrogens with zero attached hydrogens (tertiary/aromatic N) is 2. The third-order valence-corrected chi connectivity index (χ3v) is 8.90. The first-order chi connectivity index (χ1) is 23.1. The standard InChI is InChI=1S/2C23H31NO.4ClH.Ti/c2*1-8-20(24-17-12-10-9-11-13-17)18-14-16(22(2,3)4)15-19(21(18)25)23(5,6)7;;;;;/h2*9-15,25H,8H2,1-7H3;4*1H;/q;;;;;;+4/p-4. The molecule has 0 aliphatic rings. The zero-order valence-corrected chi connectivity index (χ0v) is 39.9. The smallest absolute Gasteiger partial charge is 1.00 e. The molecule has 0 aliphatic heterocycles. The van der Waals surface area contributed by atoms with E-state index in [4.69, 9.17) is 9.98 Å². The molecule has 0 aromatic heterocycles. The van der Waals surface area contributed by atoms with Crippen molar-refractivity contribution >= 4 is 22.8 Å². The van der Waals surface area contributed by atoms with Gasteiger partial charge in [-0.2, -0.15) is 0 Å². The SMILES string of the molecule is CCC(=Nc1ccccc1)c1cc(C(C)(C)C)cc(C(C)(C)C)c1O.CCC(=Nc1ccccc1)c1cc(C(C)(C)C)cc(C(C)(C)C)c1O.[Cl-].[Cl-].[Cl-].[Cl-].[Ti+4]. The van der Waals surface area contributed by atoms with E-state index in [1.54, 1.807) is 0 Å². The minimum Gasteiger partial charge on any atom is -1.00 e. The van der Waals surface area contributed by atoms with Gasteiger partial charge in [-0.3, -0.25) is 9.98 Å². The van der Waals surface area contributed by atoms with Gasteiger partial charge >= 0.3 is 21.7 Å². The summed E-state index contributed by atoms with van der Waals surface area (Å²) in [6.45, 7) is 30.2. The van der Waals surface area contributed by atoms with Gasteiger partial charge in [-0.15, -0.1) is 0 Å². The molecule has 4 aromatic carbocycles. The molecular weight excluding hydrogens is 802 g/mol. The molecule has 0 fully saturated rings. The molecule has 0 radical (unpaired) electrons. The fourth-order valence-corrected chi connectivity index (χ4v) is 5.69. The number of benzene rings is 4. The van der Waals surface area contributed by atoms with E-state index >= 15 is 0 Å². The van der Waals surface area contributed by atoms with Crippen molar-refractivity contribution in [2.45, 2.75) is 131 Å². The summed E-state index contributed by atoms with van der Waals surface area (Å²) in [6.07, 6.45) is 1.53. The first-order valence-corrected chi connectivity index (χ1v) is 18.1. The summed E-state index contributed by atoms with van der Waals surface area (Å²) in [4.78, 5) is 9.62. The van der Waals surface area contributed by atoms with E-state index in [0.717, 1.165) is 57.9 Å². The maximum absolute atomic E-state index is 11.0. The van der Waals surface area contributed by atoms with Gasteiger partial charge in [-0.25, -0.2) is 0 Å². The molecule has 4 nitrogen and oxygen atoms in total. The Bertz CT molecular complexity index is 1680. The number of hydrogen-bond acceptors (Lipinski definition) is 4. The Balaban J connectivity index is -0.000000901. The molecule has 0 saturated carbocycles. The zero-order chi connectivity index (χ0) is 37.7. The van der Waals surface area contributed by atoms with E-state index in [2.05, 4.69) is 121 Å². The molecule has 0 amide bonds. The molecule has 300 valence electrons. The molecule has 0 bridgehead atoms. The van der Waals surface area contributed by atoms with Crippen molar-refractivity contribution in [3.05, 3.63) is 118 Å². The predicted octanol–water partition coefficient (Wildman–Crippen LogP) is 1.05. The molecule has 0 saturated heterocycles. The second-order valence-corrected chi connectivity index (χ2v) is 17.3. The van der Waals surface area contributed by atoms with Crippen LogP contribution in [0.3, 0.4) is 0 Å². The fraction of sp³-hybridized carbons (Fsp3) is 0.435. The average Bonchev–Trinajstić information content (AvgIpc) is 3.02. The van der Waals surface area contributed by atoms with Crippen LogP contribution in [0.25, 0.3) is 0 Å². The zero-order valence-electron chi connectivity index (χ0n) is 35.3. The quantitative estimate of drug-likeness (QED) is 0.225. The van der Waals surface area contributed by atoms with Crippen LogP contribution in [-0.2, 0) is 43.4 Å². The van der Waals surface area contributed by atoms with Crippen molar-refractivity contribution in [2.75, 3.05) is 0 Å². The summed E-state index contributed by atoms with van der Waals surface area (Å²) in [5, 5.41) is 22.0. The Labute approximate surface area is 373 Å². The van der Waals surface area contributed by atoms with E-state index in [1.807, 2.05) is 60.7 Å². The fourth-order valence-electron chi connectivity index (χ4n) is 5.69. The van der Waals surface area contributed by atoms with Crippen LogP contribution in [-0.4, -0.2) is 21.6 Å². The summed E-state index contributed by atoms with van der Waals surface area (Å²) in [7, 11) is 0. The van der Waals surface area contributed by atoms with Crippen molar-refractivity contribution in [3.8, 4) is 11.5 Å². The molecule has 0 aliphatic carbocycles. The van der Waals surface area contributed by atoms with Gasteiger partial charge in [-0.05, 0) is 82.0 Å². The maximum Gasteiger partial charge on any atom is 4.00 e. The second-order valence-electron chi connectivity index (χ2n) is 17.3. The van der Waals surface area contributed by atoms with Gasteiger partial charge in [0.15, 0.2) is 0 Å². The van der Waals surface area contributed by atoms with E-state index < -0.39 is 0 Å². The van der Waals surface area contributed by atoms with Crippen molar-refractivity contribution in [1.82, 2.24) is 0 Å². The number of phenolic OH excluding ortho intramolecular Hbond substituents is 2. The predicted molar refractivity (Wildman–Crippen MR) is 217 cm³/mol. The van der Waals surface area contributed by atoms with Crippen LogP contribution in [0.4, 0.5) is 11.4 Å². The van der Waals surface area contributed by atoms with E-state index in [9.17, 15) is 10.2 Å². The molecule has 55 heavy (non-hydrogen) atoms. The summed E-state index contributed by atoms with van der Waals surface area (Å²) in [5.74, 6) is 0.717. The Hall–Kier alpha value is -2.31. The summed E-state index contributed by atoms with van der Waals surface area (Å²) >= 11 is 0. The third kappa shape index (κ3) is 15.9. The number of aliphatic imine (C=N–C) groups is 2. The van der Waals surface area contributed by atoms with Gasteiger partial charge < -0.3 is 59.8 Å². The van der Waals surface area contributed by atoms with Crippen molar-refractivity contribution in [1.29, 1.82) is 0 Å². The van der Waals surface area contributed by atoms with E-state index in [1.165, 1.54) is 11.1 Å². The number of phenols is 2. The van der Waals surface area contributed by atoms with Gasteiger partial charge in [-0.1, -0.05) is 145 Å².